The molecule has 59 heavy (non-hydrogen) atoms. The van der Waals surface area contributed by atoms with E-state index in [1.165, 1.54) is 60.3 Å². The van der Waals surface area contributed by atoms with Crippen LogP contribution < -0.4 is 4.90 Å². The summed E-state index contributed by atoms with van der Waals surface area (Å²) in [6.45, 7) is 4.71. The van der Waals surface area contributed by atoms with Crippen LogP contribution in [-0.4, -0.2) is 0 Å². The van der Waals surface area contributed by atoms with E-state index in [0.717, 1.165) is 55.5 Å². The maximum absolute atomic E-state index is 6.61. The van der Waals surface area contributed by atoms with E-state index >= 15 is 0 Å². The molecule has 0 amide bonds. The number of nitrogens with zero attached hydrogens (tertiary/aromatic N) is 1. The van der Waals surface area contributed by atoms with Gasteiger partial charge < -0.3 is 9.32 Å². The van der Waals surface area contributed by atoms with Crippen molar-refractivity contribution < 1.29 is 4.42 Å². The third-order valence-electron chi connectivity index (χ3n) is 12.8. The lowest BCUT2D eigenvalue weighted by molar-refractivity contribution is 0.660. The molecule has 0 N–H and O–H groups in total. The summed E-state index contributed by atoms with van der Waals surface area (Å²) < 4.78 is 6.61. The SMILES string of the molecule is CC1(C)c2ccccc2-c2ccc(N(c3ccc(-c4ccc5c(ccc6ccccc65)c4)cc3)c3cccc(-c4cccc5oc6c7ccccc7ccc6c45)c3)cc21. The van der Waals surface area contributed by atoms with Crippen molar-refractivity contribution in [3.05, 3.63) is 211 Å². The second-order valence-electron chi connectivity index (χ2n) is 16.5. The minimum Gasteiger partial charge on any atom is -0.455 e. The fourth-order valence-corrected chi connectivity index (χ4v) is 9.88. The molecule has 0 saturated heterocycles. The minimum atomic E-state index is -0.122. The van der Waals surface area contributed by atoms with Crippen molar-refractivity contribution in [3.63, 3.8) is 0 Å². The van der Waals surface area contributed by atoms with Crippen LogP contribution in [0.3, 0.4) is 0 Å². The molecule has 1 aliphatic carbocycles. The van der Waals surface area contributed by atoms with Gasteiger partial charge >= 0.3 is 0 Å². The highest BCUT2D eigenvalue weighted by Gasteiger charge is 2.35. The van der Waals surface area contributed by atoms with Crippen molar-refractivity contribution in [2.45, 2.75) is 19.3 Å². The number of fused-ring (bicyclic) bond motifs is 11. The zero-order chi connectivity index (χ0) is 39.2. The highest BCUT2D eigenvalue weighted by Crippen LogP contribution is 2.51. The molecule has 0 unspecified atom stereocenters. The van der Waals surface area contributed by atoms with E-state index in [0.29, 0.717) is 0 Å². The molecule has 11 aromatic rings. The molecule has 278 valence electrons. The van der Waals surface area contributed by atoms with Crippen molar-refractivity contribution in [1.82, 2.24) is 0 Å². The number of benzene rings is 10. The van der Waals surface area contributed by atoms with Gasteiger partial charge in [0.2, 0.25) is 0 Å². The monoisotopic (exact) mass is 753 g/mol. The third kappa shape index (κ3) is 5.20. The molecule has 0 aliphatic heterocycles. The number of hydrogen-bond donors (Lipinski definition) is 0. The van der Waals surface area contributed by atoms with Gasteiger partial charge in [0.1, 0.15) is 11.2 Å². The van der Waals surface area contributed by atoms with Gasteiger partial charge in [0.05, 0.1) is 0 Å². The van der Waals surface area contributed by atoms with Crippen LogP contribution in [0, 0.1) is 0 Å². The summed E-state index contributed by atoms with van der Waals surface area (Å²) in [6, 6.07) is 73.2. The Kier molecular flexibility index (Phi) is 7.31. The lowest BCUT2D eigenvalue weighted by Gasteiger charge is -2.28. The van der Waals surface area contributed by atoms with Crippen LogP contribution in [0.15, 0.2) is 205 Å². The number of anilines is 3. The Morgan fingerprint density at radius 2 is 1.00 bits per heavy atom. The van der Waals surface area contributed by atoms with E-state index < -0.39 is 0 Å². The fraction of sp³-hybridized carbons (Fsp3) is 0.0526. The summed E-state index contributed by atoms with van der Waals surface area (Å²) in [5, 5.41) is 9.67. The number of hydrogen-bond acceptors (Lipinski definition) is 2. The molecule has 0 atom stereocenters. The van der Waals surface area contributed by atoms with Crippen molar-refractivity contribution in [3.8, 4) is 33.4 Å². The van der Waals surface area contributed by atoms with Gasteiger partial charge in [-0.3, -0.25) is 0 Å². The van der Waals surface area contributed by atoms with E-state index in [4.69, 9.17) is 4.42 Å². The normalized spacial score (nSPS) is 13.1. The van der Waals surface area contributed by atoms with Gasteiger partial charge in [-0.05, 0) is 126 Å². The van der Waals surface area contributed by atoms with Crippen molar-refractivity contribution in [2.24, 2.45) is 0 Å². The summed E-state index contributed by atoms with van der Waals surface area (Å²) >= 11 is 0. The molecular weight excluding hydrogens is 715 g/mol. The van der Waals surface area contributed by atoms with E-state index in [1.807, 2.05) is 0 Å². The molecule has 0 fully saturated rings. The Balaban J connectivity index is 1.00. The summed E-state index contributed by atoms with van der Waals surface area (Å²) in [5.41, 5.74) is 15.1. The van der Waals surface area contributed by atoms with Gasteiger partial charge in [0.15, 0.2) is 0 Å². The molecule has 0 spiro atoms. The minimum absolute atomic E-state index is 0.122. The molecule has 1 heterocycles. The maximum Gasteiger partial charge on any atom is 0.143 e. The van der Waals surface area contributed by atoms with Crippen LogP contribution in [0.25, 0.3) is 87.6 Å². The van der Waals surface area contributed by atoms with E-state index in [2.05, 4.69) is 219 Å². The van der Waals surface area contributed by atoms with Gasteiger partial charge in [-0.15, -0.1) is 0 Å². The van der Waals surface area contributed by atoms with Crippen LogP contribution in [0.2, 0.25) is 0 Å². The fourth-order valence-electron chi connectivity index (χ4n) is 9.88. The van der Waals surface area contributed by atoms with Gasteiger partial charge in [0, 0.05) is 38.6 Å². The zero-order valence-electron chi connectivity index (χ0n) is 32.9. The topological polar surface area (TPSA) is 16.4 Å². The van der Waals surface area contributed by atoms with Gasteiger partial charge in [-0.25, -0.2) is 0 Å². The molecule has 0 radical (unpaired) electrons. The van der Waals surface area contributed by atoms with Crippen LogP contribution in [0.1, 0.15) is 25.0 Å². The molecule has 1 aliphatic rings. The quantitative estimate of drug-likeness (QED) is 0.163. The average molecular weight is 754 g/mol. The first-order valence-electron chi connectivity index (χ1n) is 20.5. The van der Waals surface area contributed by atoms with Crippen molar-refractivity contribution in [2.75, 3.05) is 4.90 Å². The Morgan fingerprint density at radius 3 is 1.88 bits per heavy atom. The van der Waals surface area contributed by atoms with Gasteiger partial charge in [-0.2, -0.15) is 0 Å². The molecule has 0 bridgehead atoms. The smallest absolute Gasteiger partial charge is 0.143 e. The zero-order valence-corrected chi connectivity index (χ0v) is 32.9. The average Bonchev–Trinajstić information content (AvgIpc) is 3.79. The summed E-state index contributed by atoms with van der Waals surface area (Å²) in [5.74, 6) is 0. The van der Waals surface area contributed by atoms with E-state index in [1.54, 1.807) is 0 Å². The number of rotatable bonds is 5. The predicted molar refractivity (Wildman–Crippen MR) is 249 cm³/mol. The molecule has 2 heteroatoms. The molecule has 1 aromatic heterocycles. The van der Waals surface area contributed by atoms with Crippen LogP contribution in [0.4, 0.5) is 17.1 Å². The first kappa shape index (κ1) is 33.7. The lowest BCUT2D eigenvalue weighted by Crippen LogP contribution is -2.16. The second kappa shape index (κ2) is 12.8. The Morgan fingerprint density at radius 1 is 0.373 bits per heavy atom. The molecule has 2 nitrogen and oxygen atoms in total. The molecule has 10 aromatic carbocycles. The summed E-state index contributed by atoms with van der Waals surface area (Å²) in [7, 11) is 0. The maximum atomic E-state index is 6.61. The van der Waals surface area contributed by atoms with E-state index in [-0.39, 0.29) is 5.41 Å². The molecular formula is C57H39NO. The predicted octanol–water partition coefficient (Wildman–Crippen LogP) is 16.2. The summed E-state index contributed by atoms with van der Waals surface area (Å²) in [6.07, 6.45) is 0. The van der Waals surface area contributed by atoms with Gasteiger partial charge in [-0.1, -0.05) is 159 Å². The van der Waals surface area contributed by atoms with Crippen LogP contribution in [0.5, 0.6) is 0 Å². The number of furan rings is 1. The van der Waals surface area contributed by atoms with Crippen LogP contribution in [-0.2, 0) is 5.41 Å². The van der Waals surface area contributed by atoms with E-state index in [9.17, 15) is 0 Å². The molecule has 0 saturated carbocycles. The van der Waals surface area contributed by atoms with Crippen molar-refractivity contribution >= 4 is 71.3 Å². The first-order valence-corrected chi connectivity index (χ1v) is 20.5. The second-order valence-corrected chi connectivity index (χ2v) is 16.5. The van der Waals surface area contributed by atoms with Crippen molar-refractivity contribution in [1.29, 1.82) is 0 Å². The van der Waals surface area contributed by atoms with Gasteiger partial charge in [0.25, 0.3) is 0 Å². The standard InChI is InChI=1S/C57H39NO/c1-57(2)52-19-8-7-17-49(52)50-32-29-44(35-53(50)57)58(42-27-23-36(24-28-42)39-26-30-46-41(33-39)22-21-37-11-3-5-15-45(37)46)43-14-9-13-40(34-43)47-18-10-20-54-55(47)51-31-25-38-12-4-6-16-48(38)56(51)59-54/h3-35H,1-2H3. The largest absolute Gasteiger partial charge is 0.455 e. The first-order chi connectivity index (χ1) is 29.0. The Bertz CT molecular complexity index is 3480. The highest BCUT2D eigenvalue weighted by molar-refractivity contribution is 6.19. The Labute approximate surface area is 343 Å². The molecule has 12 rings (SSSR count). The lowest BCUT2D eigenvalue weighted by atomic mass is 9.82. The Hall–Kier alpha value is -7.42. The summed E-state index contributed by atoms with van der Waals surface area (Å²) in [4.78, 5) is 2.42. The highest BCUT2D eigenvalue weighted by atomic mass is 16.3. The third-order valence-corrected chi connectivity index (χ3v) is 12.8. The van der Waals surface area contributed by atoms with Crippen LogP contribution >= 0.6 is 0 Å².